The van der Waals surface area contributed by atoms with Crippen LogP contribution < -0.4 is 4.90 Å². The zero-order valence-corrected chi connectivity index (χ0v) is 11.5. The van der Waals surface area contributed by atoms with E-state index >= 15 is 0 Å². The van der Waals surface area contributed by atoms with Crippen LogP contribution in [-0.4, -0.2) is 38.8 Å². The second-order valence-electron chi connectivity index (χ2n) is 5.42. The molecule has 0 aliphatic carbocycles. The average Bonchev–Trinajstić information content (AvgIpc) is 3.05. The molecule has 20 heavy (non-hydrogen) atoms. The number of aliphatic carboxylic acids is 1. The number of carbonyl (C=O) groups is 1. The lowest BCUT2D eigenvalue weighted by molar-refractivity contribution is -0.148. The van der Waals surface area contributed by atoms with Crippen molar-refractivity contribution in [3.05, 3.63) is 24.7 Å². The summed E-state index contributed by atoms with van der Waals surface area (Å²) in [4.78, 5) is 18.1. The van der Waals surface area contributed by atoms with Gasteiger partial charge in [-0.05, 0) is 18.9 Å². The molecule has 6 nitrogen and oxygen atoms in total. The van der Waals surface area contributed by atoms with Crippen LogP contribution in [0.3, 0.4) is 0 Å². The van der Waals surface area contributed by atoms with E-state index in [2.05, 4.69) is 15.0 Å². The summed E-state index contributed by atoms with van der Waals surface area (Å²) in [5.74, 6) is 0.131. The molecule has 0 aromatic carbocycles. The number of anilines is 1. The van der Waals surface area contributed by atoms with Crippen molar-refractivity contribution in [2.45, 2.75) is 26.2 Å². The molecule has 1 aliphatic rings. The van der Waals surface area contributed by atoms with Crippen molar-refractivity contribution < 1.29 is 9.90 Å². The van der Waals surface area contributed by atoms with Crippen LogP contribution in [-0.2, 0) is 4.79 Å². The van der Waals surface area contributed by atoms with Crippen molar-refractivity contribution >= 4 is 17.3 Å². The third kappa shape index (κ3) is 1.92. The number of rotatable bonds is 4. The third-order valence-electron chi connectivity index (χ3n) is 4.14. The Bertz CT molecular complexity index is 639. The molecule has 1 atom stereocenters. The molecule has 1 aliphatic heterocycles. The molecule has 2 aromatic rings. The summed E-state index contributed by atoms with van der Waals surface area (Å²) < 4.78 is 1.77. The van der Waals surface area contributed by atoms with Gasteiger partial charge in [0.1, 0.15) is 5.52 Å². The average molecular weight is 274 g/mol. The minimum atomic E-state index is -0.692. The summed E-state index contributed by atoms with van der Waals surface area (Å²) in [7, 11) is 0. The predicted octanol–water partition coefficient (Wildman–Crippen LogP) is 1.81. The lowest BCUT2D eigenvalue weighted by Crippen LogP contribution is -2.35. The van der Waals surface area contributed by atoms with E-state index in [9.17, 15) is 9.90 Å². The number of hydrogen-bond acceptors (Lipinski definition) is 4. The van der Waals surface area contributed by atoms with Crippen molar-refractivity contribution in [1.82, 2.24) is 14.6 Å². The molecule has 6 heteroatoms. The largest absolute Gasteiger partial charge is 0.481 e. The van der Waals surface area contributed by atoms with Crippen LogP contribution in [0.1, 0.15) is 26.2 Å². The van der Waals surface area contributed by atoms with Gasteiger partial charge in [0.05, 0.1) is 11.6 Å². The number of fused-ring (bicyclic) bond motifs is 1. The highest BCUT2D eigenvalue weighted by molar-refractivity contribution is 5.78. The van der Waals surface area contributed by atoms with Crippen molar-refractivity contribution in [3.63, 3.8) is 0 Å². The Labute approximate surface area is 117 Å². The van der Waals surface area contributed by atoms with Crippen LogP contribution in [0.5, 0.6) is 0 Å². The van der Waals surface area contributed by atoms with E-state index in [4.69, 9.17) is 0 Å². The van der Waals surface area contributed by atoms with Crippen molar-refractivity contribution in [2.24, 2.45) is 5.41 Å². The topological polar surface area (TPSA) is 70.7 Å². The number of nitrogens with zero attached hydrogens (tertiary/aromatic N) is 4. The lowest BCUT2D eigenvalue weighted by atomic mass is 9.83. The molecule has 1 N–H and O–H groups in total. The molecular formula is C14H18N4O2. The quantitative estimate of drug-likeness (QED) is 0.920. The van der Waals surface area contributed by atoms with E-state index in [-0.39, 0.29) is 0 Å². The molecule has 106 valence electrons. The van der Waals surface area contributed by atoms with Crippen LogP contribution in [0.25, 0.3) is 5.52 Å². The summed E-state index contributed by atoms with van der Waals surface area (Å²) in [5, 5.41) is 13.8. The molecule has 0 bridgehead atoms. The molecule has 1 saturated heterocycles. The number of aromatic nitrogens is 3. The molecule has 1 fully saturated rings. The molecule has 0 saturated carbocycles. The summed E-state index contributed by atoms with van der Waals surface area (Å²) >= 11 is 0. The number of carboxylic acid groups (broad SMARTS) is 1. The van der Waals surface area contributed by atoms with Gasteiger partial charge in [-0.15, -0.1) is 0 Å². The van der Waals surface area contributed by atoms with E-state index in [1.54, 1.807) is 23.1 Å². The summed E-state index contributed by atoms with van der Waals surface area (Å²) in [6, 6.07) is 1.91. The van der Waals surface area contributed by atoms with Crippen LogP contribution in [0.15, 0.2) is 24.7 Å². The molecule has 0 spiro atoms. The Morgan fingerprint density at radius 2 is 2.35 bits per heavy atom. The maximum atomic E-state index is 11.6. The Balaban J connectivity index is 1.93. The molecular weight excluding hydrogens is 256 g/mol. The second kappa shape index (κ2) is 4.77. The first-order valence-electron chi connectivity index (χ1n) is 6.93. The van der Waals surface area contributed by atoms with Crippen LogP contribution in [0.4, 0.5) is 5.82 Å². The summed E-state index contributed by atoms with van der Waals surface area (Å²) in [6.45, 7) is 3.28. The highest BCUT2D eigenvalue weighted by Gasteiger charge is 2.44. The Kier molecular flexibility index (Phi) is 3.08. The number of carboxylic acids is 1. The van der Waals surface area contributed by atoms with Gasteiger partial charge in [-0.25, -0.2) is 9.50 Å². The first-order chi connectivity index (χ1) is 9.66. The van der Waals surface area contributed by atoms with E-state index in [1.165, 1.54) is 0 Å². The molecule has 3 heterocycles. The summed E-state index contributed by atoms with van der Waals surface area (Å²) in [6.07, 6.45) is 7.49. The molecule has 3 rings (SSSR count). The standard InChI is InChI=1S/C14H18N4O2/c1-2-4-14(13(19)20)5-8-17(10-14)12-11-3-6-16-18(11)9-7-15-12/h3,6-7,9H,2,4-5,8,10H2,1H3,(H,19,20). The zero-order chi connectivity index (χ0) is 14.2. The zero-order valence-electron chi connectivity index (χ0n) is 11.5. The maximum absolute atomic E-state index is 11.6. The predicted molar refractivity (Wildman–Crippen MR) is 74.8 cm³/mol. The van der Waals surface area contributed by atoms with Gasteiger partial charge in [0.25, 0.3) is 0 Å². The van der Waals surface area contributed by atoms with Crippen molar-refractivity contribution in [1.29, 1.82) is 0 Å². The van der Waals surface area contributed by atoms with E-state index in [1.807, 2.05) is 13.0 Å². The van der Waals surface area contributed by atoms with Gasteiger partial charge in [-0.1, -0.05) is 13.3 Å². The monoisotopic (exact) mass is 274 g/mol. The van der Waals surface area contributed by atoms with Gasteiger partial charge in [-0.2, -0.15) is 5.10 Å². The normalized spacial score (nSPS) is 22.6. The highest BCUT2D eigenvalue weighted by Crippen LogP contribution is 2.38. The Morgan fingerprint density at radius 1 is 1.50 bits per heavy atom. The molecule has 0 amide bonds. The smallest absolute Gasteiger partial charge is 0.311 e. The lowest BCUT2D eigenvalue weighted by Gasteiger charge is -2.24. The second-order valence-corrected chi connectivity index (χ2v) is 5.42. The highest BCUT2D eigenvalue weighted by atomic mass is 16.4. The van der Waals surface area contributed by atoms with Gasteiger partial charge in [0.2, 0.25) is 0 Å². The molecule has 0 radical (unpaired) electrons. The van der Waals surface area contributed by atoms with E-state index < -0.39 is 11.4 Å². The van der Waals surface area contributed by atoms with Gasteiger partial charge in [0, 0.05) is 25.5 Å². The fourth-order valence-electron chi connectivity index (χ4n) is 3.10. The first-order valence-corrected chi connectivity index (χ1v) is 6.93. The Morgan fingerprint density at radius 3 is 3.10 bits per heavy atom. The van der Waals surface area contributed by atoms with Gasteiger partial charge >= 0.3 is 5.97 Å². The third-order valence-corrected chi connectivity index (χ3v) is 4.14. The van der Waals surface area contributed by atoms with Gasteiger partial charge in [0.15, 0.2) is 5.82 Å². The van der Waals surface area contributed by atoms with E-state index in [0.29, 0.717) is 19.4 Å². The van der Waals surface area contributed by atoms with Crippen LogP contribution in [0, 0.1) is 5.41 Å². The summed E-state index contributed by atoms with van der Waals surface area (Å²) in [5.41, 5.74) is 0.286. The minimum Gasteiger partial charge on any atom is -0.481 e. The fourth-order valence-corrected chi connectivity index (χ4v) is 3.10. The van der Waals surface area contributed by atoms with Crippen LogP contribution >= 0.6 is 0 Å². The van der Waals surface area contributed by atoms with Crippen molar-refractivity contribution in [3.8, 4) is 0 Å². The first kappa shape index (κ1) is 12.9. The molecule has 1 unspecified atom stereocenters. The molecule has 2 aromatic heterocycles. The van der Waals surface area contributed by atoms with Crippen molar-refractivity contribution in [2.75, 3.05) is 18.0 Å². The van der Waals surface area contributed by atoms with E-state index in [0.717, 1.165) is 24.3 Å². The SMILES string of the molecule is CCCC1(C(=O)O)CCN(c2nccn3nccc23)C1. The Hall–Kier alpha value is -2.11. The number of hydrogen-bond donors (Lipinski definition) is 1. The minimum absolute atomic E-state index is 0.522. The van der Waals surface area contributed by atoms with Gasteiger partial charge in [-0.3, -0.25) is 4.79 Å². The maximum Gasteiger partial charge on any atom is 0.311 e. The van der Waals surface area contributed by atoms with Crippen LogP contribution in [0.2, 0.25) is 0 Å². The van der Waals surface area contributed by atoms with Gasteiger partial charge < -0.3 is 10.0 Å². The fraction of sp³-hybridized carbons (Fsp3) is 0.500.